The van der Waals surface area contributed by atoms with E-state index in [-0.39, 0.29) is 6.10 Å². The van der Waals surface area contributed by atoms with E-state index in [0.29, 0.717) is 23.5 Å². The number of pyridine rings is 1. The van der Waals surface area contributed by atoms with E-state index in [2.05, 4.69) is 21.3 Å². The number of hydrogen-bond donors (Lipinski definition) is 1. The number of aromatic nitrogens is 1. The van der Waals surface area contributed by atoms with Gasteiger partial charge in [0.1, 0.15) is 11.9 Å². The number of amides is 1. The third-order valence-corrected chi connectivity index (χ3v) is 6.04. The molecule has 2 saturated heterocycles. The zero-order chi connectivity index (χ0) is 20.2. The number of hydrogen-bond acceptors (Lipinski definition) is 5. The number of carbonyl (C=O) groups excluding carboxylic acids is 1. The van der Waals surface area contributed by atoms with E-state index in [4.69, 9.17) is 9.47 Å². The molecule has 1 amide bonds. The number of carbonyl (C=O) groups is 1. The Labute approximate surface area is 172 Å². The number of methoxy groups -OCH3 is 1. The summed E-state index contributed by atoms with van der Waals surface area (Å²) in [5, 5.41) is 2.86. The van der Waals surface area contributed by atoms with Crippen LogP contribution >= 0.6 is 0 Å². The van der Waals surface area contributed by atoms with Gasteiger partial charge < -0.3 is 9.47 Å². The van der Waals surface area contributed by atoms with Crippen molar-refractivity contribution in [3.8, 4) is 5.75 Å². The first-order valence-corrected chi connectivity index (χ1v) is 10.4. The van der Waals surface area contributed by atoms with Gasteiger partial charge in [0, 0.05) is 43.9 Å². The molecule has 2 aliphatic heterocycles. The molecule has 3 heterocycles. The minimum Gasteiger partial charge on any atom is -0.495 e. The number of piperidine rings is 2. The predicted molar refractivity (Wildman–Crippen MR) is 112 cm³/mol. The second-order valence-electron chi connectivity index (χ2n) is 8.10. The topological polar surface area (TPSA) is 63.7 Å². The molecule has 0 radical (unpaired) electrons. The van der Waals surface area contributed by atoms with E-state index in [1.807, 2.05) is 43.6 Å². The van der Waals surface area contributed by atoms with Crippen LogP contribution in [0.25, 0.3) is 0 Å². The second kappa shape index (κ2) is 8.82. The number of anilines is 1. The molecule has 2 unspecified atom stereocenters. The molecule has 0 aliphatic carbocycles. The summed E-state index contributed by atoms with van der Waals surface area (Å²) in [5.41, 5.74) is 2.94. The highest BCUT2D eigenvalue weighted by Crippen LogP contribution is 2.36. The highest BCUT2D eigenvalue weighted by molar-refractivity contribution is 5.87. The van der Waals surface area contributed by atoms with Gasteiger partial charge in [-0.1, -0.05) is 18.6 Å². The van der Waals surface area contributed by atoms with Crippen molar-refractivity contribution in [1.29, 1.82) is 0 Å². The molecular weight excluding hydrogens is 366 g/mol. The number of nitrogens with one attached hydrogen (secondary N) is 1. The van der Waals surface area contributed by atoms with Gasteiger partial charge in [-0.15, -0.1) is 0 Å². The zero-order valence-electron chi connectivity index (χ0n) is 17.1. The largest absolute Gasteiger partial charge is 0.495 e. The molecule has 4 rings (SSSR count). The Bertz CT molecular complexity index is 829. The molecule has 2 aromatic rings. The van der Waals surface area contributed by atoms with Crippen LogP contribution in [0, 0.1) is 6.92 Å². The quantitative estimate of drug-likeness (QED) is 0.806. The van der Waals surface area contributed by atoms with Gasteiger partial charge in [0.05, 0.1) is 12.8 Å². The van der Waals surface area contributed by atoms with Gasteiger partial charge in [0.15, 0.2) is 0 Å². The molecule has 1 N–H and O–H groups in total. The van der Waals surface area contributed by atoms with Gasteiger partial charge in [0.2, 0.25) is 0 Å². The summed E-state index contributed by atoms with van der Waals surface area (Å²) >= 11 is 0. The smallest absolute Gasteiger partial charge is 0.412 e. The highest BCUT2D eigenvalue weighted by atomic mass is 16.6. The van der Waals surface area contributed by atoms with Crippen molar-refractivity contribution in [2.24, 2.45) is 0 Å². The SMILES string of the molecule is COc1ccc(C)cc1NC(=O)OC1CC2CCCC(C1)N2Cc1cccnc1. The van der Waals surface area contributed by atoms with Crippen molar-refractivity contribution in [3.63, 3.8) is 0 Å². The summed E-state index contributed by atoms with van der Waals surface area (Å²) in [6.45, 7) is 2.90. The minimum atomic E-state index is -0.405. The van der Waals surface area contributed by atoms with Crippen LogP contribution in [0.15, 0.2) is 42.7 Å². The summed E-state index contributed by atoms with van der Waals surface area (Å²) < 4.78 is 11.2. The molecule has 2 bridgehead atoms. The lowest BCUT2D eigenvalue weighted by molar-refractivity contribution is -0.0348. The molecule has 29 heavy (non-hydrogen) atoms. The number of fused-ring (bicyclic) bond motifs is 2. The van der Waals surface area contributed by atoms with Crippen molar-refractivity contribution in [2.45, 2.75) is 63.8 Å². The molecule has 0 spiro atoms. The van der Waals surface area contributed by atoms with Crippen molar-refractivity contribution >= 4 is 11.8 Å². The predicted octanol–water partition coefficient (Wildman–Crippen LogP) is 4.53. The summed E-state index contributed by atoms with van der Waals surface area (Å²) in [4.78, 5) is 19.4. The number of aryl methyl sites for hydroxylation is 1. The van der Waals surface area contributed by atoms with Gasteiger partial charge >= 0.3 is 6.09 Å². The third kappa shape index (κ3) is 4.70. The Kier molecular flexibility index (Phi) is 6.00. The lowest BCUT2D eigenvalue weighted by Crippen LogP contribution is -2.53. The van der Waals surface area contributed by atoms with E-state index in [1.165, 1.54) is 12.0 Å². The summed E-state index contributed by atoms with van der Waals surface area (Å²) in [7, 11) is 1.60. The molecule has 1 aromatic heterocycles. The lowest BCUT2D eigenvalue weighted by atomic mass is 9.82. The van der Waals surface area contributed by atoms with Crippen LogP contribution in [-0.2, 0) is 11.3 Å². The van der Waals surface area contributed by atoms with Crippen LogP contribution < -0.4 is 10.1 Å². The van der Waals surface area contributed by atoms with Crippen LogP contribution in [-0.4, -0.2) is 41.3 Å². The Morgan fingerprint density at radius 1 is 1.24 bits per heavy atom. The van der Waals surface area contributed by atoms with E-state index < -0.39 is 6.09 Å². The van der Waals surface area contributed by atoms with Gasteiger partial charge in [-0.25, -0.2) is 4.79 Å². The van der Waals surface area contributed by atoms with Crippen LogP contribution in [0.4, 0.5) is 10.5 Å². The average molecular weight is 396 g/mol. The first-order chi connectivity index (χ1) is 14.1. The maximum absolute atomic E-state index is 12.5. The van der Waals surface area contributed by atoms with Crippen LogP contribution in [0.2, 0.25) is 0 Å². The fourth-order valence-electron chi connectivity index (χ4n) is 4.70. The Morgan fingerprint density at radius 3 is 2.72 bits per heavy atom. The first-order valence-electron chi connectivity index (χ1n) is 10.4. The van der Waals surface area contributed by atoms with E-state index >= 15 is 0 Å². The normalized spacial score (nSPS) is 24.0. The molecule has 2 aliphatic rings. The maximum Gasteiger partial charge on any atom is 0.412 e. The molecule has 6 heteroatoms. The van der Waals surface area contributed by atoms with E-state index in [9.17, 15) is 4.79 Å². The summed E-state index contributed by atoms with van der Waals surface area (Å²) in [6, 6.07) is 10.7. The monoisotopic (exact) mass is 395 g/mol. The van der Waals surface area contributed by atoms with Crippen LogP contribution in [0.3, 0.4) is 0 Å². The van der Waals surface area contributed by atoms with Gasteiger partial charge in [-0.2, -0.15) is 0 Å². The van der Waals surface area contributed by atoms with Gasteiger partial charge in [-0.05, 0) is 49.1 Å². The average Bonchev–Trinajstić information content (AvgIpc) is 2.69. The van der Waals surface area contributed by atoms with Crippen molar-refractivity contribution in [3.05, 3.63) is 53.9 Å². The molecule has 0 saturated carbocycles. The number of nitrogens with zero attached hydrogens (tertiary/aromatic N) is 2. The summed E-state index contributed by atoms with van der Waals surface area (Å²) in [6.07, 6.45) is 8.63. The molecule has 1 aromatic carbocycles. The fourth-order valence-corrected chi connectivity index (χ4v) is 4.70. The number of ether oxygens (including phenoxy) is 2. The molecule has 154 valence electrons. The summed E-state index contributed by atoms with van der Waals surface area (Å²) in [5.74, 6) is 0.635. The minimum absolute atomic E-state index is 0.0498. The van der Waals surface area contributed by atoms with Crippen molar-refractivity contribution in [1.82, 2.24) is 9.88 Å². The second-order valence-corrected chi connectivity index (χ2v) is 8.10. The molecule has 2 fully saturated rings. The highest BCUT2D eigenvalue weighted by Gasteiger charge is 2.39. The van der Waals surface area contributed by atoms with E-state index in [1.54, 1.807) is 7.11 Å². The molecule has 2 atom stereocenters. The molecular formula is C23H29N3O3. The Balaban J connectivity index is 1.38. The first kappa shape index (κ1) is 19.7. The number of benzene rings is 1. The van der Waals surface area contributed by atoms with Crippen molar-refractivity contribution in [2.75, 3.05) is 12.4 Å². The van der Waals surface area contributed by atoms with E-state index in [0.717, 1.165) is 37.8 Å². The third-order valence-electron chi connectivity index (χ3n) is 6.04. The lowest BCUT2D eigenvalue weighted by Gasteiger charge is -2.48. The van der Waals surface area contributed by atoms with Gasteiger partial charge in [0.25, 0.3) is 0 Å². The number of rotatable bonds is 5. The van der Waals surface area contributed by atoms with Crippen molar-refractivity contribution < 1.29 is 14.3 Å². The molecule has 6 nitrogen and oxygen atoms in total. The Morgan fingerprint density at radius 2 is 2.03 bits per heavy atom. The van der Waals surface area contributed by atoms with Gasteiger partial charge in [-0.3, -0.25) is 15.2 Å². The zero-order valence-corrected chi connectivity index (χ0v) is 17.1. The Hall–Kier alpha value is -2.60. The fraction of sp³-hybridized carbons (Fsp3) is 0.478. The van der Waals surface area contributed by atoms with Crippen LogP contribution in [0.1, 0.15) is 43.2 Å². The van der Waals surface area contributed by atoms with Crippen LogP contribution in [0.5, 0.6) is 5.75 Å². The standard InChI is InChI=1S/C23H29N3O3/c1-16-8-9-22(28-2)21(11-16)25-23(27)29-20-12-18-6-3-7-19(13-20)26(18)15-17-5-4-10-24-14-17/h4-5,8-11,14,18-20H,3,6-7,12-13,15H2,1-2H3,(H,25,27). The maximum atomic E-state index is 12.5.